The number of hydrogen-bond acceptors (Lipinski definition) is 3. The summed E-state index contributed by atoms with van der Waals surface area (Å²) in [5.41, 5.74) is 0.321. The van der Waals surface area contributed by atoms with Crippen LogP contribution < -0.4 is 5.32 Å². The number of nitrogens with one attached hydrogen (secondary N) is 1. The van der Waals surface area contributed by atoms with E-state index in [-0.39, 0.29) is 11.9 Å². The first-order valence-corrected chi connectivity index (χ1v) is 6.30. The van der Waals surface area contributed by atoms with Crippen LogP contribution in [0.1, 0.15) is 18.6 Å². The minimum absolute atomic E-state index is 0.140. The number of aliphatic hydroxyl groups is 1. The van der Waals surface area contributed by atoms with E-state index in [2.05, 4.69) is 10.4 Å². The maximum absolute atomic E-state index is 13.5. The van der Waals surface area contributed by atoms with Gasteiger partial charge in [0.2, 0.25) is 0 Å². The van der Waals surface area contributed by atoms with Gasteiger partial charge in [0.15, 0.2) is 0 Å². The number of rotatable bonds is 6. The van der Waals surface area contributed by atoms with E-state index in [4.69, 9.17) is 0 Å². The fourth-order valence-corrected chi connectivity index (χ4v) is 1.92. The van der Waals surface area contributed by atoms with Gasteiger partial charge < -0.3 is 10.4 Å². The summed E-state index contributed by atoms with van der Waals surface area (Å²) in [5.74, 6) is -0.378. The van der Waals surface area contributed by atoms with Crippen molar-refractivity contribution in [2.75, 3.05) is 6.54 Å². The number of aliphatic hydroxyl groups excluding tert-OH is 1. The first kappa shape index (κ1) is 13.7. The minimum Gasteiger partial charge on any atom is -0.387 e. The molecule has 0 unspecified atom stereocenters. The van der Waals surface area contributed by atoms with Gasteiger partial charge in [0.25, 0.3) is 0 Å². The molecule has 0 bridgehead atoms. The summed E-state index contributed by atoms with van der Waals surface area (Å²) in [7, 11) is 0. The largest absolute Gasteiger partial charge is 0.387 e. The van der Waals surface area contributed by atoms with Crippen LogP contribution in [-0.4, -0.2) is 27.5 Å². The number of halogens is 1. The Morgan fingerprint density at radius 2 is 2.16 bits per heavy atom. The lowest BCUT2D eigenvalue weighted by Gasteiger charge is -2.17. The summed E-state index contributed by atoms with van der Waals surface area (Å²) in [6.07, 6.45) is 2.76. The second-order valence-corrected chi connectivity index (χ2v) is 4.57. The molecule has 1 heterocycles. The van der Waals surface area contributed by atoms with Crippen molar-refractivity contribution in [3.63, 3.8) is 0 Å². The van der Waals surface area contributed by atoms with Crippen molar-refractivity contribution in [3.8, 4) is 0 Å². The Morgan fingerprint density at radius 3 is 2.84 bits per heavy atom. The molecular formula is C14H18FN3O. The summed E-state index contributed by atoms with van der Waals surface area (Å²) in [5, 5.41) is 17.2. The van der Waals surface area contributed by atoms with Crippen molar-refractivity contribution in [1.82, 2.24) is 15.1 Å². The fourth-order valence-electron chi connectivity index (χ4n) is 1.92. The third kappa shape index (κ3) is 3.87. The van der Waals surface area contributed by atoms with Gasteiger partial charge in [-0.25, -0.2) is 4.39 Å². The van der Waals surface area contributed by atoms with E-state index in [0.29, 0.717) is 18.7 Å². The molecule has 0 saturated heterocycles. The predicted molar refractivity (Wildman–Crippen MR) is 71.1 cm³/mol. The summed E-state index contributed by atoms with van der Waals surface area (Å²) in [6.45, 7) is 3.01. The molecule has 0 spiro atoms. The molecule has 1 aromatic heterocycles. The van der Waals surface area contributed by atoms with Crippen molar-refractivity contribution < 1.29 is 9.50 Å². The van der Waals surface area contributed by atoms with Crippen LogP contribution in [0.5, 0.6) is 0 Å². The molecule has 102 valence electrons. The van der Waals surface area contributed by atoms with Crippen molar-refractivity contribution in [2.24, 2.45) is 0 Å². The van der Waals surface area contributed by atoms with E-state index >= 15 is 0 Å². The fraction of sp³-hybridized carbons (Fsp3) is 0.357. The zero-order chi connectivity index (χ0) is 13.7. The average molecular weight is 263 g/mol. The van der Waals surface area contributed by atoms with Gasteiger partial charge in [-0.05, 0) is 19.1 Å². The Morgan fingerprint density at radius 1 is 1.37 bits per heavy atom. The molecule has 5 heteroatoms. The van der Waals surface area contributed by atoms with Crippen LogP contribution in [0.4, 0.5) is 4.39 Å². The van der Waals surface area contributed by atoms with Crippen LogP contribution in [0.25, 0.3) is 0 Å². The van der Waals surface area contributed by atoms with Crippen molar-refractivity contribution in [2.45, 2.75) is 25.6 Å². The molecule has 1 aromatic carbocycles. The Kier molecular flexibility index (Phi) is 4.65. The number of aromatic nitrogens is 2. The molecule has 2 N–H and O–H groups in total. The molecule has 19 heavy (non-hydrogen) atoms. The molecule has 4 nitrogen and oxygen atoms in total. The summed E-state index contributed by atoms with van der Waals surface area (Å²) in [4.78, 5) is 0. The van der Waals surface area contributed by atoms with E-state index in [9.17, 15) is 9.50 Å². The zero-order valence-electron chi connectivity index (χ0n) is 10.8. The molecule has 0 aliphatic rings. The topological polar surface area (TPSA) is 50.1 Å². The van der Waals surface area contributed by atoms with E-state index in [1.54, 1.807) is 24.4 Å². The van der Waals surface area contributed by atoms with Gasteiger partial charge in [-0.15, -0.1) is 0 Å². The van der Waals surface area contributed by atoms with Gasteiger partial charge in [0, 0.05) is 30.5 Å². The highest BCUT2D eigenvalue weighted by Crippen LogP contribution is 2.15. The number of nitrogens with zero attached hydrogens (tertiary/aromatic N) is 2. The first-order valence-electron chi connectivity index (χ1n) is 6.30. The SMILES string of the molecule is C[C@H](Cn1cccn1)NC[C@@H](O)c1ccccc1F. The van der Waals surface area contributed by atoms with E-state index in [0.717, 1.165) is 0 Å². The van der Waals surface area contributed by atoms with Crippen molar-refractivity contribution >= 4 is 0 Å². The quantitative estimate of drug-likeness (QED) is 0.834. The average Bonchev–Trinajstić information content (AvgIpc) is 2.89. The maximum Gasteiger partial charge on any atom is 0.129 e. The molecular weight excluding hydrogens is 245 g/mol. The van der Waals surface area contributed by atoms with Crippen LogP contribution in [0, 0.1) is 5.82 Å². The lowest BCUT2D eigenvalue weighted by molar-refractivity contribution is 0.164. The maximum atomic E-state index is 13.5. The first-order chi connectivity index (χ1) is 9.16. The highest BCUT2D eigenvalue weighted by atomic mass is 19.1. The van der Waals surface area contributed by atoms with Crippen LogP contribution in [-0.2, 0) is 6.54 Å². The van der Waals surface area contributed by atoms with Crippen molar-refractivity contribution in [1.29, 1.82) is 0 Å². The summed E-state index contributed by atoms with van der Waals surface area (Å²) in [6, 6.07) is 8.28. The second-order valence-electron chi connectivity index (χ2n) is 4.57. The Bertz CT molecular complexity index is 501. The smallest absolute Gasteiger partial charge is 0.129 e. The normalized spacial score (nSPS) is 14.3. The highest BCUT2D eigenvalue weighted by molar-refractivity contribution is 5.19. The van der Waals surface area contributed by atoms with Gasteiger partial charge in [-0.2, -0.15) is 5.10 Å². The minimum atomic E-state index is -0.846. The molecule has 0 saturated carbocycles. The third-order valence-electron chi connectivity index (χ3n) is 2.94. The standard InChI is InChI=1S/C14H18FN3O/c1-11(10-18-8-4-7-17-18)16-9-14(19)12-5-2-3-6-13(12)15/h2-8,11,14,16,19H,9-10H2,1H3/t11-,14-/m1/s1. The lowest BCUT2D eigenvalue weighted by Crippen LogP contribution is -2.34. The van der Waals surface area contributed by atoms with Crippen LogP contribution in [0.15, 0.2) is 42.7 Å². The summed E-state index contributed by atoms with van der Waals surface area (Å²) < 4.78 is 15.3. The third-order valence-corrected chi connectivity index (χ3v) is 2.94. The van der Waals surface area contributed by atoms with Gasteiger partial charge in [0.1, 0.15) is 5.82 Å². The number of hydrogen-bond donors (Lipinski definition) is 2. The molecule has 2 rings (SSSR count). The predicted octanol–water partition coefficient (Wildman–Crippen LogP) is 1.73. The molecule has 0 aliphatic carbocycles. The van der Waals surface area contributed by atoms with Gasteiger partial charge in [-0.3, -0.25) is 4.68 Å². The lowest BCUT2D eigenvalue weighted by atomic mass is 10.1. The van der Waals surface area contributed by atoms with Crippen LogP contribution in [0.2, 0.25) is 0 Å². The van der Waals surface area contributed by atoms with Gasteiger partial charge in [0.05, 0.1) is 12.6 Å². The van der Waals surface area contributed by atoms with Crippen molar-refractivity contribution in [3.05, 3.63) is 54.1 Å². The van der Waals surface area contributed by atoms with Gasteiger partial charge in [-0.1, -0.05) is 18.2 Å². The highest BCUT2D eigenvalue weighted by Gasteiger charge is 2.13. The Balaban J connectivity index is 1.83. The monoisotopic (exact) mass is 263 g/mol. The Hall–Kier alpha value is -1.72. The zero-order valence-corrected chi connectivity index (χ0v) is 10.8. The molecule has 2 aromatic rings. The summed E-state index contributed by atoms with van der Waals surface area (Å²) >= 11 is 0. The second kappa shape index (κ2) is 6.45. The van der Waals surface area contributed by atoms with Crippen LogP contribution >= 0.6 is 0 Å². The van der Waals surface area contributed by atoms with Crippen LogP contribution in [0.3, 0.4) is 0 Å². The molecule has 0 radical (unpaired) electrons. The molecule has 0 fully saturated rings. The Labute approximate surface area is 111 Å². The van der Waals surface area contributed by atoms with E-state index < -0.39 is 6.10 Å². The van der Waals surface area contributed by atoms with Gasteiger partial charge >= 0.3 is 0 Å². The molecule has 2 atom stereocenters. The van der Waals surface area contributed by atoms with E-state index in [1.807, 2.05) is 23.9 Å². The molecule has 0 aliphatic heterocycles. The van der Waals surface area contributed by atoms with E-state index in [1.165, 1.54) is 6.07 Å². The molecule has 0 amide bonds. The number of benzene rings is 1.